The summed E-state index contributed by atoms with van der Waals surface area (Å²) in [6.45, 7) is 9.37. The molecule has 1 fully saturated rings. The van der Waals surface area contributed by atoms with Gasteiger partial charge in [0.25, 0.3) is 0 Å². The summed E-state index contributed by atoms with van der Waals surface area (Å²) in [5.41, 5.74) is 0. The van der Waals surface area contributed by atoms with Gasteiger partial charge in [-0.3, -0.25) is 4.79 Å². The Kier molecular flexibility index (Phi) is 10.5. The highest BCUT2D eigenvalue weighted by atomic mass is 16.5. The van der Waals surface area contributed by atoms with E-state index in [1.165, 1.54) is 6.42 Å². The fourth-order valence-electron chi connectivity index (χ4n) is 2.28. The number of nitrogens with zero attached hydrogens (tertiary/aromatic N) is 2. The summed E-state index contributed by atoms with van der Waals surface area (Å²) in [6.07, 6.45) is 5.46. The van der Waals surface area contributed by atoms with Crippen LogP contribution in [-0.2, 0) is 9.53 Å². The summed E-state index contributed by atoms with van der Waals surface area (Å²) >= 11 is 0. The maximum Gasteiger partial charge on any atom is 0.244 e. The van der Waals surface area contributed by atoms with E-state index in [0.717, 1.165) is 65.1 Å². The molecule has 22 heavy (non-hydrogen) atoms. The molecule has 1 heterocycles. The van der Waals surface area contributed by atoms with Crippen molar-refractivity contribution in [3.8, 4) is 0 Å². The Morgan fingerprint density at radius 2 is 1.86 bits per heavy atom. The number of carbonyl (C=O) groups is 1. The van der Waals surface area contributed by atoms with Crippen LogP contribution in [0.15, 0.2) is 4.99 Å². The Labute approximate surface area is 134 Å². The number of aliphatic imine (C=N–C) groups is 1. The van der Waals surface area contributed by atoms with Crippen LogP contribution in [0.5, 0.6) is 0 Å². The van der Waals surface area contributed by atoms with Crippen molar-refractivity contribution >= 4 is 11.9 Å². The minimum Gasteiger partial charge on any atom is -0.381 e. The lowest BCUT2D eigenvalue weighted by Crippen LogP contribution is -2.39. The predicted molar refractivity (Wildman–Crippen MR) is 90.1 cm³/mol. The number of ether oxygens (including phenoxy) is 1. The average Bonchev–Trinajstić information content (AvgIpc) is 3.05. The second-order valence-corrected chi connectivity index (χ2v) is 5.53. The van der Waals surface area contributed by atoms with Gasteiger partial charge in [-0.15, -0.1) is 0 Å². The van der Waals surface area contributed by atoms with Crippen molar-refractivity contribution in [2.24, 2.45) is 4.99 Å². The van der Waals surface area contributed by atoms with Gasteiger partial charge in [-0.25, -0.2) is 4.99 Å². The molecule has 0 aromatic rings. The lowest BCUT2D eigenvalue weighted by Gasteiger charge is -2.15. The van der Waals surface area contributed by atoms with Gasteiger partial charge in [0, 0.05) is 39.4 Å². The molecule has 0 unspecified atom stereocenters. The number of hydrogen-bond acceptors (Lipinski definition) is 3. The maximum absolute atomic E-state index is 12.0. The molecule has 0 atom stereocenters. The molecule has 1 aliphatic heterocycles. The summed E-state index contributed by atoms with van der Waals surface area (Å²) in [5, 5.41) is 6.41. The minimum atomic E-state index is 0.123. The highest BCUT2D eigenvalue weighted by molar-refractivity contribution is 5.85. The Morgan fingerprint density at radius 1 is 1.14 bits per heavy atom. The van der Waals surface area contributed by atoms with Gasteiger partial charge < -0.3 is 20.3 Å². The summed E-state index contributed by atoms with van der Waals surface area (Å²) in [6, 6.07) is 0. The minimum absolute atomic E-state index is 0.123. The molecule has 0 spiro atoms. The van der Waals surface area contributed by atoms with E-state index >= 15 is 0 Å². The number of rotatable bonds is 10. The Hall–Kier alpha value is -1.30. The van der Waals surface area contributed by atoms with Gasteiger partial charge in [0.15, 0.2) is 5.96 Å². The first-order chi connectivity index (χ1) is 10.8. The monoisotopic (exact) mass is 312 g/mol. The molecule has 6 heteroatoms. The van der Waals surface area contributed by atoms with Crippen LogP contribution in [0.2, 0.25) is 0 Å². The lowest BCUT2D eigenvalue weighted by atomic mass is 10.4. The number of likely N-dealkylation sites (tertiary alicyclic amines) is 1. The molecule has 0 radical (unpaired) electrons. The molecular weight excluding hydrogens is 280 g/mol. The molecule has 6 nitrogen and oxygen atoms in total. The molecule has 0 saturated carbocycles. The summed E-state index contributed by atoms with van der Waals surface area (Å²) < 4.78 is 5.52. The molecule has 0 aromatic carbocycles. The number of nitrogens with one attached hydrogen (secondary N) is 2. The number of carbonyl (C=O) groups excluding carboxylic acids is 1. The second-order valence-electron chi connectivity index (χ2n) is 5.53. The first kappa shape index (κ1) is 18.7. The molecule has 1 aliphatic rings. The van der Waals surface area contributed by atoms with Crippen molar-refractivity contribution in [3.05, 3.63) is 0 Å². The number of unbranched alkanes of at least 4 members (excludes halogenated alkanes) is 1. The smallest absolute Gasteiger partial charge is 0.244 e. The third-order valence-corrected chi connectivity index (χ3v) is 3.58. The van der Waals surface area contributed by atoms with Gasteiger partial charge in [0.05, 0.1) is 0 Å². The highest BCUT2D eigenvalue weighted by Gasteiger charge is 2.17. The Bertz CT molecular complexity index is 328. The molecule has 1 saturated heterocycles. The van der Waals surface area contributed by atoms with Crippen LogP contribution in [0.1, 0.15) is 46.0 Å². The maximum atomic E-state index is 12.0. The molecule has 2 N–H and O–H groups in total. The van der Waals surface area contributed by atoms with Crippen LogP contribution in [0.4, 0.5) is 0 Å². The summed E-state index contributed by atoms with van der Waals surface area (Å²) in [5.74, 6) is 0.834. The van der Waals surface area contributed by atoms with E-state index in [0.29, 0.717) is 5.96 Å². The molecule has 0 bridgehead atoms. The van der Waals surface area contributed by atoms with Gasteiger partial charge in [0.2, 0.25) is 5.91 Å². The van der Waals surface area contributed by atoms with Crippen LogP contribution < -0.4 is 10.6 Å². The van der Waals surface area contributed by atoms with E-state index < -0.39 is 0 Å². The molecular formula is C16H32N4O2. The molecule has 128 valence electrons. The Balaban J connectivity index is 2.19. The molecule has 1 rings (SSSR count). The number of hydrogen-bond donors (Lipinski definition) is 2. The van der Waals surface area contributed by atoms with Gasteiger partial charge in [0.1, 0.15) is 6.54 Å². The van der Waals surface area contributed by atoms with Crippen LogP contribution in [0.25, 0.3) is 0 Å². The predicted octanol–water partition coefficient (Wildman–Crippen LogP) is 1.37. The van der Waals surface area contributed by atoms with Crippen molar-refractivity contribution in [2.45, 2.75) is 46.0 Å². The van der Waals surface area contributed by atoms with Crippen LogP contribution in [0, 0.1) is 0 Å². The first-order valence-electron chi connectivity index (χ1n) is 8.65. The van der Waals surface area contributed by atoms with Gasteiger partial charge >= 0.3 is 0 Å². The van der Waals surface area contributed by atoms with Crippen molar-refractivity contribution in [1.29, 1.82) is 0 Å². The molecule has 1 amide bonds. The van der Waals surface area contributed by atoms with E-state index in [9.17, 15) is 4.79 Å². The van der Waals surface area contributed by atoms with Crippen molar-refractivity contribution in [1.82, 2.24) is 15.5 Å². The first-order valence-corrected chi connectivity index (χ1v) is 8.65. The summed E-state index contributed by atoms with van der Waals surface area (Å²) in [4.78, 5) is 18.2. The zero-order valence-electron chi connectivity index (χ0n) is 14.2. The van der Waals surface area contributed by atoms with E-state index in [1.54, 1.807) is 0 Å². The largest absolute Gasteiger partial charge is 0.381 e. The topological polar surface area (TPSA) is 66.0 Å². The highest BCUT2D eigenvalue weighted by Crippen LogP contribution is 2.07. The normalized spacial score (nSPS) is 15.2. The summed E-state index contributed by atoms with van der Waals surface area (Å²) in [7, 11) is 0. The number of amides is 1. The zero-order chi connectivity index (χ0) is 16.0. The zero-order valence-corrected chi connectivity index (χ0v) is 14.2. The fourth-order valence-corrected chi connectivity index (χ4v) is 2.28. The van der Waals surface area contributed by atoms with Crippen LogP contribution in [0.3, 0.4) is 0 Å². The molecule has 0 aromatic heterocycles. The van der Waals surface area contributed by atoms with E-state index in [1.807, 2.05) is 11.8 Å². The second kappa shape index (κ2) is 12.3. The van der Waals surface area contributed by atoms with E-state index in [4.69, 9.17) is 4.74 Å². The fraction of sp³-hybridized carbons (Fsp3) is 0.875. The van der Waals surface area contributed by atoms with Gasteiger partial charge in [-0.05, 0) is 32.6 Å². The SMILES string of the molecule is CCCCOCCCNC(=NCC(=O)N1CCCC1)NCC. The van der Waals surface area contributed by atoms with Crippen LogP contribution >= 0.6 is 0 Å². The van der Waals surface area contributed by atoms with Crippen molar-refractivity contribution < 1.29 is 9.53 Å². The van der Waals surface area contributed by atoms with Crippen molar-refractivity contribution in [2.75, 3.05) is 45.9 Å². The standard InChI is InChI=1S/C16H32N4O2/c1-3-5-12-22-13-8-9-18-16(17-4-2)19-14-15(21)20-10-6-7-11-20/h3-14H2,1-2H3,(H2,17,18,19). The third-order valence-electron chi connectivity index (χ3n) is 3.58. The Morgan fingerprint density at radius 3 is 2.55 bits per heavy atom. The number of guanidine groups is 1. The third kappa shape index (κ3) is 8.22. The van der Waals surface area contributed by atoms with Crippen molar-refractivity contribution in [3.63, 3.8) is 0 Å². The van der Waals surface area contributed by atoms with E-state index in [-0.39, 0.29) is 12.5 Å². The average molecular weight is 312 g/mol. The van der Waals surface area contributed by atoms with Gasteiger partial charge in [-0.2, -0.15) is 0 Å². The van der Waals surface area contributed by atoms with Crippen LogP contribution in [-0.4, -0.2) is 62.7 Å². The lowest BCUT2D eigenvalue weighted by molar-refractivity contribution is -0.128. The van der Waals surface area contributed by atoms with E-state index in [2.05, 4.69) is 22.5 Å². The molecule has 0 aliphatic carbocycles. The quantitative estimate of drug-likeness (QED) is 0.363. The van der Waals surface area contributed by atoms with Gasteiger partial charge in [-0.1, -0.05) is 13.3 Å².